The van der Waals surface area contributed by atoms with Crippen LogP contribution in [0.5, 0.6) is 0 Å². The van der Waals surface area contributed by atoms with Gasteiger partial charge in [0.05, 0.1) is 18.0 Å². The van der Waals surface area contributed by atoms with Gasteiger partial charge < -0.3 is 10.6 Å². The quantitative estimate of drug-likeness (QED) is 0.607. The lowest BCUT2D eigenvalue weighted by molar-refractivity contribution is -0.122. The Labute approximate surface area is 105 Å². The van der Waals surface area contributed by atoms with Crippen LogP contribution in [-0.2, 0) is 9.59 Å². The second-order valence-corrected chi connectivity index (χ2v) is 3.80. The van der Waals surface area contributed by atoms with E-state index in [-0.39, 0.29) is 24.1 Å². The average molecular weight is 256 g/mol. The molecule has 1 aromatic carbocycles. The minimum absolute atomic E-state index is 0.0659. The summed E-state index contributed by atoms with van der Waals surface area (Å²) in [5.41, 5.74) is 0.621. The van der Waals surface area contributed by atoms with Gasteiger partial charge in [-0.05, 0) is 12.1 Å². The number of carbonyl (C=O) groups is 2. The van der Waals surface area contributed by atoms with Crippen molar-refractivity contribution in [3.8, 4) is 0 Å². The lowest BCUT2D eigenvalue weighted by Gasteiger charge is -2.07. The summed E-state index contributed by atoms with van der Waals surface area (Å²) < 4.78 is 0. The molecule has 0 fully saturated rings. The van der Waals surface area contributed by atoms with E-state index in [1.807, 2.05) is 6.07 Å². The first-order valence-corrected chi connectivity index (χ1v) is 5.67. The van der Waals surface area contributed by atoms with E-state index in [0.717, 1.165) is 0 Å². The maximum Gasteiger partial charge on any atom is 0.243 e. The van der Waals surface area contributed by atoms with Crippen LogP contribution in [0.15, 0.2) is 29.2 Å². The number of hydrogen-bond acceptors (Lipinski definition) is 4. The van der Waals surface area contributed by atoms with E-state index >= 15 is 0 Å². The Kier molecular flexibility index (Phi) is 5.21. The van der Waals surface area contributed by atoms with Gasteiger partial charge in [-0.25, -0.2) is 0 Å². The molecule has 0 aliphatic rings. The molecule has 2 amide bonds. The average Bonchev–Trinajstić information content (AvgIpc) is 2.29. The van der Waals surface area contributed by atoms with Crippen molar-refractivity contribution in [2.75, 3.05) is 17.6 Å². The summed E-state index contributed by atoms with van der Waals surface area (Å²) in [6.07, 6.45) is 0. The summed E-state index contributed by atoms with van der Waals surface area (Å²) in [6.45, 7) is -0.0680. The van der Waals surface area contributed by atoms with Gasteiger partial charge in [0.15, 0.2) is 0 Å². The van der Waals surface area contributed by atoms with Crippen LogP contribution in [-0.4, -0.2) is 24.1 Å². The van der Waals surface area contributed by atoms with Crippen molar-refractivity contribution < 1.29 is 9.59 Å². The first kappa shape index (κ1) is 12.9. The molecule has 0 heterocycles. The second kappa shape index (κ2) is 6.44. The molecule has 0 radical (unpaired) electrons. The molecule has 86 valence electrons. The highest BCUT2D eigenvalue weighted by Crippen LogP contribution is 2.17. The van der Waals surface area contributed by atoms with Gasteiger partial charge in [0.25, 0.3) is 0 Å². The van der Waals surface area contributed by atoms with Crippen LogP contribution in [0.3, 0.4) is 0 Å². The number of para-hydroxylation sites is 1. The Balaban J connectivity index is 2.46. The number of benzene rings is 1. The van der Waals surface area contributed by atoms with Gasteiger partial charge in [-0.15, -0.1) is 12.6 Å². The maximum absolute atomic E-state index is 11.4. The first-order chi connectivity index (χ1) is 7.63. The Bertz CT molecular complexity index is 396. The number of amides is 2. The van der Waals surface area contributed by atoms with E-state index in [1.165, 1.54) is 0 Å². The van der Waals surface area contributed by atoms with Crippen LogP contribution in [0.25, 0.3) is 0 Å². The number of thiol groups is 2. The monoisotopic (exact) mass is 256 g/mol. The van der Waals surface area contributed by atoms with Crippen LogP contribution >= 0.6 is 25.3 Å². The smallest absolute Gasteiger partial charge is 0.243 e. The van der Waals surface area contributed by atoms with Crippen LogP contribution in [0.4, 0.5) is 5.69 Å². The SMILES string of the molecule is O=C(CS)NCC(=O)Nc1ccccc1S. The molecule has 6 heteroatoms. The van der Waals surface area contributed by atoms with E-state index in [2.05, 4.69) is 35.9 Å². The van der Waals surface area contributed by atoms with Gasteiger partial charge in [-0.2, -0.15) is 12.6 Å². The van der Waals surface area contributed by atoms with Crippen LogP contribution in [0.1, 0.15) is 0 Å². The Morgan fingerprint density at radius 1 is 1.19 bits per heavy atom. The Hall–Kier alpha value is -1.14. The van der Waals surface area contributed by atoms with Crippen molar-refractivity contribution in [3.05, 3.63) is 24.3 Å². The third-order valence-electron chi connectivity index (χ3n) is 1.77. The van der Waals surface area contributed by atoms with Crippen LogP contribution < -0.4 is 10.6 Å². The summed E-state index contributed by atoms with van der Waals surface area (Å²) in [5, 5.41) is 5.05. The summed E-state index contributed by atoms with van der Waals surface area (Å²) in [4.78, 5) is 22.9. The standard InChI is InChI=1S/C10H12N2O2S2/c13-9(5-11-10(14)6-15)12-7-3-1-2-4-8(7)16/h1-4,15-16H,5-6H2,(H,11,14)(H,12,13). The van der Waals surface area contributed by atoms with E-state index in [0.29, 0.717) is 10.6 Å². The molecule has 0 saturated heterocycles. The van der Waals surface area contributed by atoms with Gasteiger partial charge in [0.2, 0.25) is 11.8 Å². The van der Waals surface area contributed by atoms with Crippen LogP contribution in [0, 0.1) is 0 Å². The number of rotatable bonds is 4. The fraction of sp³-hybridized carbons (Fsp3) is 0.200. The van der Waals surface area contributed by atoms with Gasteiger partial charge in [0.1, 0.15) is 0 Å². The zero-order chi connectivity index (χ0) is 12.0. The van der Waals surface area contributed by atoms with Crippen molar-refractivity contribution in [1.29, 1.82) is 0 Å². The minimum Gasteiger partial charge on any atom is -0.346 e. The molecule has 0 aliphatic carbocycles. The molecule has 0 aromatic heterocycles. The Morgan fingerprint density at radius 3 is 2.50 bits per heavy atom. The molecule has 0 bridgehead atoms. The zero-order valence-corrected chi connectivity index (χ0v) is 10.2. The minimum atomic E-state index is -0.295. The molecule has 0 aliphatic heterocycles. The normalized spacial score (nSPS) is 9.62. The third-order valence-corrected chi connectivity index (χ3v) is 2.45. The van der Waals surface area contributed by atoms with Gasteiger partial charge >= 0.3 is 0 Å². The third kappa shape index (κ3) is 4.16. The van der Waals surface area contributed by atoms with E-state index in [1.54, 1.807) is 18.2 Å². The largest absolute Gasteiger partial charge is 0.346 e. The van der Waals surface area contributed by atoms with Crippen molar-refractivity contribution in [3.63, 3.8) is 0 Å². The zero-order valence-electron chi connectivity index (χ0n) is 8.43. The first-order valence-electron chi connectivity index (χ1n) is 4.59. The molecule has 4 nitrogen and oxygen atoms in total. The predicted molar refractivity (Wildman–Crippen MR) is 69.2 cm³/mol. The van der Waals surface area contributed by atoms with Crippen molar-refractivity contribution in [2.45, 2.75) is 4.90 Å². The molecular weight excluding hydrogens is 244 g/mol. The molecule has 1 rings (SSSR count). The van der Waals surface area contributed by atoms with Crippen LogP contribution in [0.2, 0.25) is 0 Å². The number of nitrogens with one attached hydrogen (secondary N) is 2. The molecule has 0 unspecified atom stereocenters. The van der Waals surface area contributed by atoms with E-state index in [4.69, 9.17) is 0 Å². The highest BCUT2D eigenvalue weighted by molar-refractivity contribution is 7.81. The number of hydrogen-bond donors (Lipinski definition) is 4. The summed E-state index contributed by atoms with van der Waals surface area (Å²) >= 11 is 7.96. The van der Waals surface area contributed by atoms with Crippen molar-refractivity contribution in [2.24, 2.45) is 0 Å². The summed E-state index contributed by atoms with van der Waals surface area (Å²) in [7, 11) is 0. The summed E-state index contributed by atoms with van der Waals surface area (Å²) in [6, 6.07) is 7.12. The molecule has 2 N–H and O–H groups in total. The number of carbonyl (C=O) groups excluding carboxylic acids is 2. The van der Waals surface area contributed by atoms with Crippen molar-refractivity contribution in [1.82, 2.24) is 5.32 Å². The second-order valence-electron chi connectivity index (χ2n) is 3.00. The molecule has 0 spiro atoms. The lowest BCUT2D eigenvalue weighted by Crippen LogP contribution is -2.33. The van der Waals surface area contributed by atoms with Crippen molar-refractivity contribution >= 4 is 42.8 Å². The summed E-state index contributed by atoms with van der Waals surface area (Å²) in [5.74, 6) is -0.509. The molecule has 0 saturated carbocycles. The maximum atomic E-state index is 11.4. The van der Waals surface area contributed by atoms with E-state index in [9.17, 15) is 9.59 Å². The molecule has 1 aromatic rings. The predicted octanol–water partition coefficient (Wildman–Crippen LogP) is 0.960. The van der Waals surface area contributed by atoms with E-state index < -0.39 is 0 Å². The molecule has 16 heavy (non-hydrogen) atoms. The fourth-order valence-electron chi connectivity index (χ4n) is 1.01. The highest BCUT2D eigenvalue weighted by Gasteiger charge is 2.05. The molecular formula is C10H12N2O2S2. The van der Waals surface area contributed by atoms with Gasteiger partial charge in [-0.3, -0.25) is 9.59 Å². The highest BCUT2D eigenvalue weighted by atomic mass is 32.1. The van der Waals surface area contributed by atoms with Gasteiger partial charge in [-0.1, -0.05) is 12.1 Å². The fourth-order valence-corrected chi connectivity index (χ4v) is 1.34. The number of anilines is 1. The Morgan fingerprint density at radius 2 is 1.88 bits per heavy atom. The topological polar surface area (TPSA) is 58.2 Å². The molecule has 0 atom stereocenters. The van der Waals surface area contributed by atoms with Gasteiger partial charge in [0, 0.05) is 4.90 Å². The lowest BCUT2D eigenvalue weighted by atomic mass is 10.3.